The van der Waals surface area contributed by atoms with Crippen LogP contribution in [0.25, 0.3) is 0 Å². The third kappa shape index (κ3) is 9.01. The largest absolute Gasteiger partial charge is 0.383 e. The molecule has 0 radical (unpaired) electrons. The first-order chi connectivity index (χ1) is 9.15. The quantitative estimate of drug-likeness (QED) is 0.579. The maximum absolute atomic E-state index is 11.8. The normalized spacial score (nSPS) is 9.95. The molecule has 6 nitrogen and oxygen atoms in total. The SMILES string of the molecule is COCCN(CCC#N)CCC(=O)N(C)CCC#N. The van der Waals surface area contributed by atoms with E-state index in [9.17, 15) is 4.79 Å². The average molecular weight is 266 g/mol. The lowest BCUT2D eigenvalue weighted by molar-refractivity contribution is -0.130. The molecule has 0 aliphatic carbocycles. The van der Waals surface area contributed by atoms with Crippen LogP contribution in [0, 0.1) is 22.7 Å². The zero-order valence-corrected chi connectivity index (χ0v) is 11.8. The Morgan fingerprint density at radius 1 is 1.11 bits per heavy atom. The fraction of sp³-hybridized carbons (Fsp3) is 0.769. The summed E-state index contributed by atoms with van der Waals surface area (Å²) in [5.41, 5.74) is 0. The highest BCUT2D eigenvalue weighted by Crippen LogP contribution is 1.98. The second-order valence-corrected chi connectivity index (χ2v) is 4.22. The average Bonchev–Trinajstić information content (AvgIpc) is 2.43. The van der Waals surface area contributed by atoms with Crippen molar-refractivity contribution in [3.63, 3.8) is 0 Å². The Bertz CT molecular complexity index is 333. The van der Waals surface area contributed by atoms with E-state index >= 15 is 0 Å². The molecule has 0 aliphatic rings. The summed E-state index contributed by atoms with van der Waals surface area (Å²) in [4.78, 5) is 15.4. The fourth-order valence-electron chi connectivity index (χ4n) is 1.55. The fourth-order valence-corrected chi connectivity index (χ4v) is 1.55. The number of rotatable bonds is 10. The monoisotopic (exact) mass is 266 g/mol. The minimum absolute atomic E-state index is 0.0228. The second-order valence-electron chi connectivity index (χ2n) is 4.22. The highest BCUT2D eigenvalue weighted by molar-refractivity contribution is 5.76. The zero-order valence-electron chi connectivity index (χ0n) is 11.8. The summed E-state index contributed by atoms with van der Waals surface area (Å²) in [5, 5.41) is 17.1. The van der Waals surface area contributed by atoms with E-state index in [1.807, 2.05) is 11.0 Å². The molecule has 0 unspecified atom stereocenters. The van der Waals surface area contributed by atoms with E-state index in [2.05, 4.69) is 6.07 Å². The van der Waals surface area contributed by atoms with Crippen molar-refractivity contribution in [2.45, 2.75) is 19.3 Å². The molecule has 19 heavy (non-hydrogen) atoms. The van der Waals surface area contributed by atoms with Crippen molar-refractivity contribution in [2.24, 2.45) is 0 Å². The number of carbonyl (C=O) groups is 1. The number of hydrogen-bond donors (Lipinski definition) is 0. The Balaban J connectivity index is 4.04. The summed E-state index contributed by atoms with van der Waals surface area (Å²) < 4.78 is 5.00. The van der Waals surface area contributed by atoms with Crippen LogP contribution in [0.5, 0.6) is 0 Å². The van der Waals surface area contributed by atoms with Crippen molar-refractivity contribution < 1.29 is 9.53 Å². The second kappa shape index (κ2) is 11.5. The zero-order chi connectivity index (χ0) is 14.5. The summed E-state index contributed by atoms with van der Waals surface area (Å²) in [5.74, 6) is 0.0228. The van der Waals surface area contributed by atoms with Gasteiger partial charge in [-0.05, 0) is 0 Å². The van der Waals surface area contributed by atoms with Gasteiger partial charge in [-0.1, -0.05) is 0 Å². The molecule has 0 N–H and O–H groups in total. The first-order valence-corrected chi connectivity index (χ1v) is 6.34. The number of nitriles is 2. The molecule has 0 aromatic heterocycles. The first kappa shape index (κ1) is 17.4. The topological polar surface area (TPSA) is 80.4 Å². The maximum atomic E-state index is 11.8. The predicted octanol–water partition coefficient (Wildman–Crippen LogP) is 0.611. The molecule has 0 atom stereocenters. The Kier molecular flexibility index (Phi) is 10.5. The molecule has 106 valence electrons. The lowest BCUT2D eigenvalue weighted by atomic mass is 10.3. The molecule has 0 heterocycles. The number of carbonyl (C=O) groups excluding carboxylic acids is 1. The van der Waals surface area contributed by atoms with Crippen LogP contribution < -0.4 is 0 Å². The van der Waals surface area contributed by atoms with Gasteiger partial charge >= 0.3 is 0 Å². The lowest BCUT2D eigenvalue weighted by Crippen LogP contribution is -2.34. The number of nitrogens with zero attached hydrogens (tertiary/aromatic N) is 4. The van der Waals surface area contributed by atoms with Gasteiger partial charge in [0.1, 0.15) is 0 Å². The van der Waals surface area contributed by atoms with E-state index in [1.54, 1.807) is 19.1 Å². The van der Waals surface area contributed by atoms with Crippen LogP contribution in [0.2, 0.25) is 0 Å². The standard InChI is InChI=1S/C13H22N4O2/c1-16(8-3-6-14)13(18)5-10-17(9-4-7-15)11-12-19-2/h3-5,8-12H2,1-2H3. The summed E-state index contributed by atoms with van der Waals surface area (Å²) >= 11 is 0. The van der Waals surface area contributed by atoms with E-state index in [1.165, 1.54) is 0 Å². The predicted molar refractivity (Wildman–Crippen MR) is 71.0 cm³/mol. The van der Waals surface area contributed by atoms with Gasteiger partial charge in [0.2, 0.25) is 5.91 Å². The number of hydrogen-bond acceptors (Lipinski definition) is 5. The van der Waals surface area contributed by atoms with Crippen LogP contribution in [0.4, 0.5) is 0 Å². The van der Waals surface area contributed by atoms with Crippen molar-refractivity contribution in [1.82, 2.24) is 9.80 Å². The lowest BCUT2D eigenvalue weighted by Gasteiger charge is -2.22. The minimum atomic E-state index is 0.0228. The summed E-state index contributed by atoms with van der Waals surface area (Å²) in [6, 6.07) is 4.12. The van der Waals surface area contributed by atoms with Gasteiger partial charge in [-0.15, -0.1) is 0 Å². The smallest absolute Gasteiger partial charge is 0.223 e. The number of ether oxygens (including phenoxy) is 1. The summed E-state index contributed by atoms with van der Waals surface area (Å²) in [6.45, 7) is 3.03. The Morgan fingerprint density at radius 2 is 1.74 bits per heavy atom. The summed E-state index contributed by atoms with van der Waals surface area (Å²) in [6.07, 6.45) is 1.20. The molecular weight excluding hydrogens is 244 g/mol. The van der Waals surface area contributed by atoms with Gasteiger partial charge in [0, 0.05) is 53.2 Å². The van der Waals surface area contributed by atoms with Crippen molar-refractivity contribution in [2.75, 3.05) is 46.9 Å². The van der Waals surface area contributed by atoms with E-state index in [-0.39, 0.29) is 5.91 Å². The molecule has 6 heteroatoms. The first-order valence-electron chi connectivity index (χ1n) is 6.34. The maximum Gasteiger partial charge on any atom is 0.223 e. The number of amides is 1. The highest BCUT2D eigenvalue weighted by Gasteiger charge is 2.11. The molecule has 0 spiro atoms. The molecule has 0 aromatic carbocycles. The van der Waals surface area contributed by atoms with Gasteiger partial charge in [-0.3, -0.25) is 9.69 Å². The van der Waals surface area contributed by atoms with Crippen LogP contribution in [0.1, 0.15) is 19.3 Å². The van der Waals surface area contributed by atoms with Crippen LogP contribution in [0.15, 0.2) is 0 Å². The molecule has 0 saturated carbocycles. The Morgan fingerprint density at radius 3 is 2.32 bits per heavy atom. The Hall–Kier alpha value is -1.63. The summed E-state index contributed by atoms with van der Waals surface area (Å²) in [7, 11) is 3.33. The van der Waals surface area contributed by atoms with Crippen molar-refractivity contribution in [3.8, 4) is 12.1 Å². The molecular formula is C13H22N4O2. The van der Waals surface area contributed by atoms with E-state index in [0.29, 0.717) is 52.0 Å². The third-order valence-corrected chi connectivity index (χ3v) is 2.78. The van der Waals surface area contributed by atoms with Crippen LogP contribution in [-0.4, -0.2) is 62.7 Å². The van der Waals surface area contributed by atoms with Gasteiger partial charge in [-0.2, -0.15) is 10.5 Å². The third-order valence-electron chi connectivity index (χ3n) is 2.78. The van der Waals surface area contributed by atoms with Crippen LogP contribution in [-0.2, 0) is 9.53 Å². The van der Waals surface area contributed by atoms with Gasteiger partial charge in [0.15, 0.2) is 0 Å². The van der Waals surface area contributed by atoms with Gasteiger partial charge in [0.05, 0.1) is 25.2 Å². The van der Waals surface area contributed by atoms with Crippen molar-refractivity contribution in [3.05, 3.63) is 0 Å². The van der Waals surface area contributed by atoms with E-state index < -0.39 is 0 Å². The van der Waals surface area contributed by atoms with Crippen LogP contribution in [0.3, 0.4) is 0 Å². The van der Waals surface area contributed by atoms with Gasteiger partial charge < -0.3 is 9.64 Å². The van der Waals surface area contributed by atoms with Crippen molar-refractivity contribution >= 4 is 5.91 Å². The van der Waals surface area contributed by atoms with E-state index in [0.717, 1.165) is 0 Å². The van der Waals surface area contributed by atoms with Crippen LogP contribution >= 0.6 is 0 Å². The minimum Gasteiger partial charge on any atom is -0.383 e. The van der Waals surface area contributed by atoms with Gasteiger partial charge in [0.25, 0.3) is 0 Å². The van der Waals surface area contributed by atoms with Gasteiger partial charge in [-0.25, -0.2) is 0 Å². The number of methoxy groups -OCH3 is 1. The molecule has 0 aliphatic heterocycles. The molecule has 0 rings (SSSR count). The van der Waals surface area contributed by atoms with E-state index in [4.69, 9.17) is 15.3 Å². The molecule has 0 saturated heterocycles. The molecule has 0 bridgehead atoms. The van der Waals surface area contributed by atoms with Crippen molar-refractivity contribution in [1.29, 1.82) is 10.5 Å². The Labute approximate surface area is 115 Å². The molecule has 0 aromatic rings. The highest BCUT2D eigenvalue weighted by atomic mass is 16.5. The molecule has 0 fully saturated rings. The molecule has 1 amide bonds.